The second kappa shape index (κ2) is 10.4. The Bertz CT molecular complexity index is 1130. The zero-order valence-corrected chi connectivity index (χ0v) is 18.8. The topological polar surface area (TPSA) is 18.5 Å². The summed E-state index contributed by atoms with van der Waals surface area (Å²) in [5.74, 6) is -2.14. The quantitative estimate of drug-likeness (QED) is 0.362. The molecule has 3 aromatic carbocycles. The first-order valence-electron chi connectivity index (χ1n) is 11.2. The fourth-order valence-corrected chi connectivity index (χ4v) is 4.05. The normalized spacial score (nSPS) is 18.7. The molecule has 4 rings (SSSR count). The van der Waals surface area contributed by atoms with Gasteiger partial charge in [-0.25, -0.2) is 13.2 Å². The van der Waals surface area contributed by atoms with Crippen LogP contribution in [0.3, 0.4) is 0 Å². The highest BCUT2D eigenvalue weighted by Gasteiger charge is 2.24. The molecule has 5 heteroatoms. The molecule has 0 atom stereocenters. The van der Waals surface area contributed by atoms with Crippen molar-refractivity contribution >= 4 is 0 Å². The highest BCUT2D eigenvalue weighted by atomic mass is 19.2. The van der Waals surface area contributed by atoms with Crippen LogP contribution in [0.15, 0.2) is 66.7 Å². The van der Waals surface area contributed by atoms with Crippen LogP contribution in [0.5, 0.6) is 0 Å². The third-order valence-electron chi connectivity index (χ3n) is 6.01. The predicted octanol–water partition coefficient (Wildman–Crippen LogP) is 7.42. The zero-order chi connectivity index (χ0) is 23.4. The SMILES string of the molecule is CC=CCc1ccc(-c2ccc(-c3ccc(C4COC(CC)OC4)c(F)c3)cc2)c(F)c1F. The van der Waals surface area contributed by atoms with Gasteiger partial charge in [0, 0.05) is 11.5 Å². The maximum absolute atomic E-state index is 14.9. The molecule has 0 radical (unpaired) electrons. The van der Waals surface area contributed by atoms with Gasteiger partial charge in [0.05, 0.1) is 13.2 Å². The van der Waals surface area contributed by atoms with Gasteiger partial charge in [0.25, 0.3) is 0 Å². The number of benzene rings is 3. The van der Waals surface area contributed by atoms with E-state index in [9.17, 15) is 13.2 Å². The van der Waals surface area contributed by atoms with Crippen molar-refractivity contribution in [3.63, 3.8) is 0 Å². The van der Waals surface area contributed by atoms with Crippen molar-refractivity contribution in [1.29, 1.82) is 0 Å². The minimum absolute atomic E-state index is 0.141. The highest BCUT2D eigenvalue weighted by Crippen LogP contribution is 2.32. The van der Waals surface area contributed by atoms with Crippen LogP contribution in [0.25, 0.3) is 22.3 Å². The van der Waals surface area contributed by atoms with Gasteiger partial charge in [-0.15, -0.1) is 0 Å². The van der Waals surface area contributed by atoms with E-state index in [4.69, 9.17) is 9.47 Å². The lowest BCUT2D eigenvalue weighted by molar-refractivity contribution is -0.187. The van der Waals surface area contributed by atoms with Gasteiger partial charge in [-0.05, 0) is 53.6 Å². The van der Waals surface area contributed by atoms with Crippen molar-refractivity contribution in [2.24, 2.45) is 0 Å². The Morgan fingerprint density at radius 1 is 0.848 bits per heavy atom. The molecule has 1 saturated heterocycles. The van der Waals surface area contributed by atoms with E-state index in [2.05, 4.69) is 0 Å². The summed E-state index contributed by atoms with van der Waals surface area (Å²) in [6.07, 6.45) is 4.48. The Kier molecular flexibility index (Phi) is 7.31. The predicted molar refractivity (Wildman–Crippen MR) is 124 cm³/mol. The summed E-state index contributed by atoms with van der Waals surface area (Å²) < 4.78 is 55.2. The molecular weight excluding hydrogens is 425 g/mol. The molecule has 0 saturated carbocycles. The van der Waals surface area contributed by atoms with Gasteiger partial charge in [0.2, 0.25) is 0 Å². The molecule has 1 aliphatic rings. The van der Waals surface area contributed by atoms with Crippen LogP contribution in [-0.2, 0) is 15.9 Å². The first-order valence-corrected chi connectivity index (χ1v) is 11.2. The lowest BCUT2D eigenvalue weighted by atomic mass is 9.94. The molecule has 0 amide bonds. The van der Waals surface area contributed by atoms with Gasteiger partial charge in [-0.3, -0.25) is 0 Å². The number of hydrogen-bond donors (Lipinski definition) is 0. The Morgan fingerprint density at radius 3 is 2.15 bits per heavy atom. The maximum Gasteiger partial charge on any atom is 0.166 e. The number of hydrogen-bond acceptors (Lipinski definition) is 2. The Morgan fingerprint density at radius 2 is 1.52 bits per heavy atom. The monoisotopic (exact) mass is 452 g/mol. The lowest BCUT2D eigenvalue weighted by Crippen LogP contribution is -2.30. The molecule has 0 unspecified atom stereocenters. The Hall–Kier alpha value is -2.89. The van der Waals surface area contributed by atoms with Crippen molar-refractivity contribution in [1.82, 2.24) is 0 Å². The van der Waals surface area contributed by atoms with Crippen molar-refractivity contribution < 1.29 is 22.6 Å². The molecule has 0 aliphatic carbocycles. The van der Waals surface area contributed by atoms with Gasteiger partial charge in [-0.2, -0.15) is 0 Å². The van der Waals surface area contributed by atoms with Crippen molar-refractivity contribution in [3.05, 3.63) is 95.3 Å². The average Bonchev–Trinajstić information content (AvgIpc) is 2.85. The van der Waals surface area contributed by atoms with Crippen LogP contribution < -0.4 is 0 Å². The van der Waals surface area contributed by atoms with E-state index in [-0.39, 0.29) is 23.6 Å². The summed E-state index contributed by atoms with van der Waals surface area (Å²) in [6.45, 7) is 4.68. The van der Waals surface area contributed by atoms with E-state index in [1.165, 1.54) is 6.07 Å². The molecule has 0 bridgehead atoms. The fraction of sp³-hybridized carbons (Fsp3) is 0.286. The average molecular weight is 453 g/mol. The Balaban J connectivity index is 1.53. The van der Waals surface area contributed by atoms with Crippen LogP contribution in [-0.4, -0.2) is 19.5 Å². The van der Waals surface area contributed by atoms with Crippen LogP contribution in [0, 0.1) is 17.5 Å². The summed E-state index contributed by atoms with van der Waals surface area (Å²) in [7, 11) is 0. The van der Waals surface area contributed by atoms with Gasteiger partial charge in [0.15, 0.2) is 17.9 Å². The van der Waals surface area contributed by atoms with Crippen LogP contribution >= 0.6 is 0 Å². The van der Waals surface area contributed by atoms with Crippen LogP contribution in [0.1, 0.15) is 37.3 Å². The molecule has 1 fully saturated rings. The molecule has 33 heavy (non-hydrogen) atoms. The third kappa shape index (κ3) is 5.05. The molecule has 172 valence electrons. The van der Waals surface area contributed by atoms with Crippen molar-refractivity contribution in [2.75, 3.05) is 13.2 Å². The molecule has 0 N–H and O–H groups in total. The molecule has 0 aromatic heterocycles. The molecule has 2 nitrogen and oxygen atoms in total. The van der Waals surface area contributed by atoms with E-state index < -0.39 is 11.6 Å². The summed E-state index contributed by atoms with van der Waals surface area (Å²) in [5, 5.41) is 0. The molecule has 1 heterocycles. The van der Waals surface area contributed by atoms with E-state index in [0.717, 1.165) is 12.0 Å². The maximum atomic E-state index is 14.9. The van der Waals surface area contributed by atoms with E-state index in [1.807, 2.05) is 19.9 Å². The summed E-state index contributed by atoms with van der Waals surface area (Å²) in [6, 6.07) is 15.3. The van der Waals surface area contributed by atoms with Crippen molar-refractivity contribution in [2.45, 2.75) is 38.9 Å². The third-order valence-corrected chi connectivity index (χ3v) is 6.01. The van der Waals surface area contributed by atoms with Gasteiger partial charge < -0.3 is 9.47 Å². The van der Waals surface area contributed by atoms with Gasteiger partial charge >= 0.3 is 0 Å². The standard InChI is InChI=1S/C28H27F3O2/c1-3-5-6-20-11-14-24(28(31)27(20)30)19-9-7-18(8-10-19)21-12-13-23(25(29)15-21)22-16-32-26(4-2)33-17-22/h3,5,7-15,22,26H,4,6,16-17H2,1-2H3. The van der Waals surface area contributed by atoms with E-state index in [1.54, 1.807) is 54.6 Å². The highest BCUT2D eigenvalue weighted by molar-refractivity contribution is 5.71. The summed E-state index contributed by atoms with van der Waals surface area (Å²) >= 11 is 0. The number of rotatable bonds is 6. The largest absolute Gasteiger partial charge is 0.352 e. The summed E-state index contributed by atoms with van der Waals surface area (Å²) in [5.41, 5.74) is 3.15. The first-order chi connectivity index (χ1) is 16.0. The van der Waals surface area contributed by atoms with Crippen molar-refractivity contribution in [3.8, 4) is 22.3 Å². The fourth-order valence-electron chi connectivity index (χ4n) is 4.05. The second-order valence-corrected chi connectivity index (χ2v) is 8.19. The molecule has 0 spiro atoms. The molecule has 1 aliphatic heterocycles. The first kappa shape index (κ1) is 23.3. The lowest BCUT2D eigenvalue weighted by Gasteiger charge is -2.29. The summed E-state index contributed by atoms with van der Waals surface area (Å²) in [4.78, 5) is 0. The number of allylic oxidation sites excluding steroid dienone is 2. The minimum atomic E-state index is -0.859. The smallest absolute Gasteiger partial charge is 0.166 e. The van der Waals surface area contributed by atoms with E-state index in [0.29, 0.717) is 41.9 Å². The van der Waals surface area contributed by atoms with Crippen LogP contribution in [0.4, 0.5) is 13.2 Å². The molecular formula is C28H27F3O2. The van der Waals surface area contributed by atoms with Crippen LogP contribution in [0.2, 0.25) is 0 Å². The number of halogens is 3. The van der Waals surface area contributed by atoms with E-state index >= 15 is 0 Å². The second-order valence-electron chi connectivity index (χ2n) is 8.19. The Labute approximate surface area is 192 Å². The van der Waals surface area contributed by atoms with Gasteiger partial charge in [-0.1, -0.05) is 67.6 Å². The number of ether oxygens (including phenoxy) is 2. The minimum Gasteiger partial charge on any atom is -0.352 e. The van der Waals surface area contributed by atoms with Gasteiger partial charge in [0.1, 0.15) is 5.82 Å². The molecule has 3 aromatic rings. The zero-order valence-electron chi connectivity index (χ0n) is 18.8.